The van der Waals surface area contributed by atoms with E-state index in [1.54, 1.807) is 0 Å². The summed E-state index contributed by atoms with van der Waals surface area (Å²) in [5.41, 5.74) is 3.43. The normalized spacial score (nSPS) is 45.5. The lowest BCUT2D eigenvalue weighted by molar-refractivity contribution is -0.239. The van der Waals surface area contributed by atoms with E-state index in [-0.39, 0.29) is 33.5 Å². The molecule has 0 radical (unpaired) electrons. The molecule has 6 rings (SSSR count). The van der Waals surface area contributed by atoms with Gasteiger partial charge in [-0.1, -0.05) is 58.9 Å². The summed E-state index contributed by atoms with van der Waals surface area (Å²) in [5.74, 6) is 1.99. The molecule has 1 aromatic rings. The standard InChI is InChI=1S/C38H54O4/c1-23(2)26-15-20-38(33(40)41)22-21-36(6)28(31(26)38)13-14-30-35(5)18-16-27(24-9-11-25(12-10-24)32(39)42-8)34(3,4)29(35)17-19-37(30,36)7/h9-12,26-31H,1,13-22H2,2-8H3,(H,40,41)/t26-,27-,28+,29-,30+,31+,35-,36+,37+,38-/m0/s1. The van der Waals surface area contributed by atoms with Crippen molar-refractivity contribution in [3.8, 4) is 0 Å². The highest BCUT2D eigenvalue weighted by Crippen LogP contribution is 2.78. The molecule has 42 heavy (non-hydrogen) atoms. The second-order valence-electron chi connectivity index (χ2n) is 16.7. The van der Waals surface area contributed by atoms with Gasteiger partial charge in [-0.25, -0.2) is 4.79 Å². The van der Waals surface area contributed by atoms with Crippen molar-refractivity contribution in [1.82, 2.24) is 0 Å². The van der Waals surface area contributed by atoms with E-state index < -0.39 is 11.4 Å². The maximum Gasteiger partial charge on any atom is 0.337 e. The molecule has 4 nitrogen and oxygen atoms in total. The second-order valence-corrected chi connectivity index (χ2v) is 16.7. The number of rotatable bonds is 4. The highest BCUT2D eigenvalue weighted by Gasteiger charge is 2.72. The highest BCUT2D eigenvalue weighted by atomic mass is 16.5. The quantitative estimate of drug-likeness (QED) is 0.287. The first-order chi connectivity index (χ1) is 19.7. The topological polar surface area (TPSA) is 63.6 Å². The number of carboxylic acids is 1. The van der Waals surface area contributed by atoms with E-state index in [9.17, 15) is 14.7 Å². The van der Waals surface area contributed by atoms with Crippen molar-refractivity contribution >= 4 is 11.9 Å². The predicted octanol–water partition coefficient (Wildman–Crippen LogP) is 9.30. The molecule has 0 bridgehead atoms. The fourth-order valence-electron chi connectivity index (χ4n) is 13.1. The van der Waals surface area contributed by atoms with Gasteiger partial charge < -0.3 is 9.84 Å². The van der Waals surface area contributed by atoms with Gasteiger partial charge in [0, 0.05) is 0 Å². The number of aliphatic carboxylic acids is 1. The predicted molar refractivity (Wildman–Crippen MR) is 167 cm³/mol. The third kappa shape index (κ3) is 3.78. The average Bonchev–Trinajstić information content (AvgIpc) is 3.34. The number of fused-ring (bicyclic) bond motifs is 7. The van der Waals surface area contributed by atoms with Gasteiger partial charge in [-0.3, -0.25) is 4.79 Å². The second kappa shape index (κ2) is 9.70. The van der Waals surface area contributed by atoms with Crippen molar-refractivity contribution in [3.63, 3.8) is 0 Å². The van der Waals surface area contributed by atoms with Crippen molar-refractivity contribution < 1.29 is 19.4 Å². The van der Waals surface area contributed by atoms with Crippen molar-refractivity contribution in [3.05, 3.63) is 47.5 Å². The van der Waals surface area contributed by atoms with Crippen molar-refractivity contribution in [2.75, 3.05) is 7.11 Å². The monoisotopic (exact) mass is 574 g/mol. The van der Waals surface area contributed by atoms with Crippen LogP contribution in [0.5, 0.6) is 0 Å². The minimum atomic E-state index is -0.554. The number of carbonyl (C=O) groups is 2. The summed E-state index contributed by atoms with van der Waals surface area (Å²) in [7, 11) is 1.44. The zero-order valence-corrected chi connectivity index (χ0v) is 27.2. The van der Waals surface area contributed by atoms with E-state index in [2.05, 4.69) is 60.3 Å². The number of benzene rings is 1. The smallest absolute Gasteiger partial charge is 0.337 e. The Morgan fingerprint density at radius 3 is 2.14 bits per heavy atom. The maximum atomic E-state index is 12.9. The molecule has 1 aromatic carbocycles. The van der Waals surface area contributed by atoms with Crippen LogP contribution in [0.25, 0.3) is 0 Å². The van der Waals surface area contributed by atoms with Gasteiger partial charge in [0.15, 0.2) is 0 Å². The van der Waals surface area contributed by atoms with E-state index in [4.69, 9.17) is 4.74 Å². The van der Waals surface area contributed by atoms with E-state index in [0.29, 0.717) is 35.2 Å². The van der Waals surface area contributed by atoms with Crippen LogP contribution in [0.15, 0.2) is 36.4 Å². The molecule has 0 saturated heterocycles. The lowest BCUT2D eigenvalue weighted by Crippen LogP contribution is -2.66. The van der Waals surface area contributed by atoms with Gasteiger partial charge in [0.1, 0.15) is 0 Å². The molecule has 230 valence electrons. The number of carbonyl (C=O) groups excluding carboxylic acids is 1. The van der Waals surface area contributed by atoms with E-state index in [1.807, 2.05) is 12.1 Å². The minimum Gasteiger partial charge on any atom is -0.481 e. The Morgan fingerprint density at radius 1 is 0.833 bits per heavy atom. The molecule has 0 unspecified atom stereocenters. The van der Waals surface area contributed by atoms with Gasteiger partial charge in [-0.15, -0.1) is 0 Å². The fourth-order valence-corrected chi connectivity index (χ4v) is 13.1. The molecule has 0 amide bonds. The Hall–Kier alpha value is -2.10. The van der Waals surface area contributed by atoms with Gasteiger partial charge in [0.25, 0.3) is 0 Å². The summed E-state index contributed by atoms with van der Waals surface area (Å²) in [6, 6.07) is 8.20. The van der Waals surface area contributed by atoms with Gasteiger partial charge in [-0.05, 0) is 146 Å². The van der Waals surface area contributed by atoms with Crippen LogP contribution < -0.4 is 0 Å². The van der Waals surface area contributed by atoms with Crippen LogP contribution in [0.4, 0.5) is 0 Å². The molecule has 5 saturated carbocycles. The summed E-state index contributed by atoms with van der Waals surface area (Å²) in [6.45, 7) is 19.4. The molecule has 0 aliphatic heterocycles. The lowest BCUT2D eigenvalue weighted by Gasteiger charge is -2.73. The van der Waals surface area contributed by atoms with Crippen molar-refractivity contribution in [1.29, 1.82) is 0 Å². The van der Waals surface area contributed by atoms with Gasteiger partial charge in [0.2, 0.25) is 0 Å². The lowest BCUT2D eigenvalue weighted by atomic mass is 9.31. The third-order valence-corrected chi connectivity index (χ3v) is 15.3. The van der Waals surface area contributed by atoms with Crippen molar-refractivity contribution in [2.24, 2.45) is 56.7 Å². The van der Waals surface area contributed by atoms with Gasteiger partial charge in [-0.2, -0.15) is 0 Å². The van der Waals surface area contributed by atoms with Gasteiger partial charge in [0.05, 0.1) is 18.1 Å². The molecule has 10 atom stereocenters. The Balaban J connectivity index is 1.32. The molecule has 5 aliphatic carbocycles. The molecule has 5 aliphatic rings. The zero-order valence-electron chi connectivity index (χ0n) is 27.2. The first kappa shape index (κ1) is 29.9. The van der Waals surface area contributed by atoms with Crippen LogP contribution in [0.1, 0.15) is 128 Å². The molecule has 0 heterocycles. The van der Waals surface area contributed by atoms with Crippen LogP contribution in [0.2, 0.25) is 0 Å². The van der Waals surface area contributed by atoms with E-state index in [0.717, 1.165) is 25.7 Å². The molecular formula is C38H54O4. The summed E-state index contributed by atoms with van der Waals surface area (Å²) >= 11 is 0. The summed E-state index contributed by atoms with van der Waals surface area (Å²) in [4.78, 5) is 25.0. The fraction of sp³-hybridized carbons (Fsp3) is 0.737. The van der Waals surface area contributed by atoms with Crippen LogP contribution in [-0.4, -0.2) is 24.2 Å². The van der Waals surface area contributed by atoms with E-state index >= 15 is 0 Å². The zero-order chi connectivity index (χ0) is 30.5. The van der Waals surface area contributed by atoms with Crippen LogP contribution >= 0.6 is 0 Å². The Bertz CT molecular complexity index is 1280. The Kier molecular flexibility index (Phi) is 6.92. The number of ether oxygens (including phenoxy) is 1. The van der Waals surface area contributed by atoms with Crippen LogP contribution in [0.3, 0.4) is 0 Å². The number of methoxy groups -OCH3 is 1. The first-order valence-electron chi connectivity index (χ1n) is 16.7. The Labute approximate surface area is 254 Å². The summed E-state index contributed by atoms with van der Waals surface area (Å²) in [6.07, 6.45) is 11.0. The third-order valence-electron chi connectivity index (χ3n) is 15.3. The largest absolute Gasteiger partial charge is 0.481 e. The number of hydrogen-bond acceptors (Lipinski definition) is 3. The van der Waals surface area contributed by atoms with Gasteiger partial charge >= 0.3 is 11.9 Å². The number of esters is 1. The summed E-state index contributed by atoms with van der Waals surface area (Å²) < 4.78 is 4.94. The SMILES string of the molecule is C=C(C)[C@@H]1CC[C@]2(C(=O)O)CC[C@]3(C)[C@H](CC[C@@H]4[C@@]5(C)CC[C@@H](c6ccc(C(=O)OC)cc6)C(C)(C)[C@@H]5CC[C@]43C)[C@@H]12. The summed E-state index contributed by atoms with van der Waals surface area (Å²) in [5, 5.41) is 10.6. The minimum absolute atomic E-state index is 0.153. The van der Waals surface area contributed by atoms with Crippen LogP contribution in [0, 0.1) is 56.7 Å². The number of carboxylic acid groups (broad SMARTS) is 1. The highest BCUT2D eigenvalue weighted by molar-refractivity contribution is 5.89. The first-order valence-corrected chi connectivity index (χ1v) is 16.7. The average molecular weight is 575 g/mol. The molecule has 4 heteroatoms. The van der Waals surface area contributed by atoms with Crippen molar-refractivity contribution in [2.45, 2.75) is 112 Å². The molecule has 1 N–H and O–H groups in total. The number of hydrogen-bond donors (Lipinski definition) is 1. The molecular weight excluding hydrogens is 520 g/mol. The molecule has 0 aromatic heterocycles. The molecule has 0 spiro atoms. The van der Waals surface area contributed by atoms with E-state index in [1.165, 1.54) is 56.8 Å². The Morgan fingerprint density at radius 2 is 1.52 bits per heavy atom. The maximum absolute atomic E-state index is 12.9. The van der Waals surface area contributed by atoms with Crippen LogP contribution in [-0.2, 0) is 9.53 Å². The number of allylic oxidation sites excluding steroid dienone is 1. The molecule has 5 fully saturated rings.